The number of benzene rings is 1. The summed E-state index contributed by atoms with van der Waals surface area (Å²) in [7, 11) is 3.14. The molecular weight excluding hydrogens is 232 g/mol. The summed E-state index contributed by atoms with van der Waals surface area (Å²) in [5, 5.41) is 8.92. The zero-order valence-electron chi connectivity index (χ0n) is 10.5. The number of aliphatic carboxylic acids is 1. The monoisotopic (exact) mass is 248 g/mol. The van der Waals surface area contributed by atoms with Crippen LogP contribution in [0.25, 0.3) is 5.57 Å². The molecule has 1 aliphatic carbocycles. The van der Waals surface area contributed by atoms with E-state index >= 15 is 0 Å². The summed E-state index contributed by atoms with van der Waals surface area (Å²) in [6.45, 7) is 0. The highest BCUT2D eigenvalue weighted by Crippen LogP contribution is 2.43. The van der Waals surface area contributed by atoms with E-state index in [1.807, 2.05) is 12.1 Å². The molecule has 0 aliphatic heterocycles. The smallest absolute Gasteiger partial charge is 0.328 e. The van der Waals surface area contributed by atoms with Gasteiger partial charge in [0.25, 0.3) is 0 Å². The molecule has 1 aromatic carbocycles. The van der Waals surface area contributed by atoms with Crippen molar-refractivity contribution >= 4 is 11.5 Å². The molecule has 1 aromatic rings. The van der Waals surface area contributed by atoms with Gasteiger partial charge in [0.1, 0.15) is 0 Å². The van der Waals surface area contributed by atoms with Crippen molar-refractivity contribution in [3.8, 4) is 11.5 Å². The molecule has 0 unspecified atom stereocenters. The van der Waals surface area contributed by atoms with E-state index in [0.29, 0.717) is 17.4 Å². The summed E-state index contributed by atoms with van der Waals surface area (Å²) >= 11 is 0. The van der Waals surface area contributed by atoms with Gasteiger partial charge in [-0.25, -0.2) is 4.79 Å². The number of methoxy groups -OCH3 is 2. The number of hydrogen-bond donors (Lipinski definition) is 1. The third kappa shape index (κ3) is 2.64. The Morgan fingerprint density at radius 2 is 1.94 bits per heavy atom. The van der Waals surface area contributed by atoms with Crippen molar-refractivity contribution in [2.45, 2.75) is 12.8 Å². The van der Waals surface area contributed by atoms with Crippen molar-refractivity contribution in [1.82, 2.24) is 0 Å². The molecule has 0 heterocycles. The van der Waals surface area contributed by atoms with Gasteiger partial charge in [0.15, 0.2) is 11.5 Å². The van der Waals surface area contributed by atoms with Crippen LogP contribution >= 0.6 is 0 Å². The number of carboxylic acids is 1. The third-order valence-electron chi connectivity index (χ3n) is 3.01. The summed E-state index contributed by atoms with van der Waals surface area (Å²) in [5.41, 5.74) is 1.75. The standard InChI is InChI=1S/C14H16O4/c1-17-12-6-5-10(7-13(12)18-2)11(8-14(15)16)9-3-4-9/h5-9H,3-4H2,1-2H3,(H,15,16)/b11-8+. The Morgan fingerprint density at radius 3 is 2.44 bits per heavy atom. The van der Waals surface area contributed by atoms with Crippen molar-refractivity contribution in [3.63, 3.8) is 0 Å². The first-order chi connectivity index (χ1) is 8.65. The fourth-order valence-corrected chi connectivity index (χ4v) is 1.98. The lowest BCUT2D eigenvalue weighted by Crippen LogP contribution is -1.96. The van der Waals surface area contributed by atoms with E-state index in [1.165, 1.54) is 6.08 Å². The zero-order chi connectivity index (χ0) is 13.1. The Morgan fingerprint density at radius 1 is 1.28 bits per heavy atom. The fraction of sp³-hybridized carbons (Fsp3) is 0.357. The molecule has 1 N–H and O–H groups in total. The highest BCUT2D eigenvalue weighted by molar-refractivity contribution is 5.91. The van der Waals surface area contributed by atoms with Crippen LogP contribution in [-0.4, -0.2) is 25.3 Å². The minimum atomic E-state index is -0.910. The number of rotatable bonds is 5. The molecule has 0 atom stereocenters. The van der Waals surface area contributed by atoms with Gasteiger partial charge in [0.05, 0.1) is 14.2 Å². The summed E-state index contributed by atoms with van der Waals surface area (Å²) < 4.78 is 10.4. The molecule has 0 bridgehead atoms. The first kappa shape index (κ1) is 12.5. The second-order valence-corrected chi connectivity index (χ2v) is 4.28. The average molecular weight is 248 g/mol. The van der Waals surface area contributed by atoms with E-state index in [-0.39, 0.29) is 0 Å². The molecule has 4 nitrogen and oxygen atoms in total. The van der Waals surface area contributed by atoms with E-state index in [2.05, 4.69) is 0 Å². The molecule has 1 aliphatic rings. The Kier molecular flexibility index (Phi) is 3.55. The predicted octanol–water partition coefficient (Wildman–Crippen LogP) is 2.58. The largest absolute Gasteiger partial charge is 0.493 e. The van der Waals surface area contributed by atoms with Gasteiger partial charge in [-0.15, -0.1) is 0 Å². The van der Waals surface area contributed by atoms with Crippen molar-refractivity contribution < 1.29 is 19.4 Å². The molecule has 0 amide bonds. The minimum absolute atomic E-state index is 0.360. The second-order valence-electron chi connectivity index (χ2n) is 4.28. The molecular formula is C14H16O4. The topological polar surface area (TPSA) is 55.8 Å². The maximum Gasteiger partial charge on any atom is 0.328 e. The lowest BCUT2D eigenvalue weighted by atomic mass is 10.0. The van der Waals surface area contributed by atoms with E-state index < -0.39 is 5.97 Å². The summed E-state index contributed by atoms with van der Waals surface area (Å²) in [6, 6.07) is 5.49. The molecule has 18 heavy (non-hydrogen) atoms. The molecule has 0 saturated heterocycles. The van der Waals surface area contributed by atoms with E-state index in [0.717, 1.165) is 24.0 Å². The van der Waals surface area contributed by atoms with Gasteiger partial charge in [-0.2, -0.15) is 0 Å². The van der Waals surface area contributed by atoms with Crippen molar-refractivity contribution in [2.24, 2.45) is 5.92 Å². The van der Waals surface area contributed by atoms with Crippen molar-refractivity contribution in [1.29, 1.82) is 0 Å². The summed E-state index contributed by atoms with van der Waals surface area (Å²) in [6.07, 6.45) is 3.39. The molecule has 2 rings (SSSR count). The lowest BCUT2D eigenvalue weighted by molar-refractivity contribution is -0.131. The molecule has 1 fully saturated rings. The van der Waals surface area contributed by atoms with Crippen LogP contribution in [0.1, 0.15) is 18.4 Å². The molecule has 0 aromatic heterocycles. The lowest BCUT2D eigenvalue weighted by Gasteiger charge is -2.11. The van der Waals surface area contributed by atoms with E-state index in [4.69, 9.17) is 14.6 Å². The van der Waals surface area contributed by atoms with E-state index in [1.54, 1.807) is 20.3 Å². The van der Waals surface area contributed by atoms with Gasteiger partial charge >= 0.3 is 5.97 Å². The van der Waals surface area contributed by atoms with Gasteiger partial charge in [-0.3, -0.25) is 0 Å². The first-order valence-electron chi connectivity index (χ1n) is 5.82. The average Bonchev–Trinajstić information content (AvgIpc) is 3.19. The van der Waals surface area contributed by atoms with Gasteiger partial charge in [0.2, 0.25) is 0 Å². The maximum atomic E-state index is 10.9. The second kappa shape index (κ2) is 5.12. The van der Waals surface area contributed by atoms with Gasteiger partial charge < -0.3 is 14.6 Å². The van der Waals surface area contributed by atoms with Crippen LogP contribution in [0, 0.1) is 5.92 Å². The highest BCUT2D eigenvalue weighted by Gasteiger charge is 2.28. The number of carbonyl (C=O) groups is 1. The zero-order valence-corrected chi connectivity index (χ0v) is 10.5. The van der Waals surface area contributed by atoms with Crippen LogP contribution in [-0.2, 0) is 4.79 Å². The first-order valence-corrected chi connectivity index (χ1v) is 5.82. The number of hydrogen-bond acceptors (Lipinski definition) is 3. The quantitative estimate of drug-likeness (QED) is 0.814. The Balaban J connectivity index is 2.39. The van der Waals surface area contributed by atoms with Crippen LogP contribution in [0.2, 0.25) is 0 Å². The number of allylic oxidation sites excluding steroid dienone is 1. The molecule has 0 spiro atoms. The van der Waals surface area contributed by atoms with Gasteiger partial charge in [-0.05, 0) is 42.0 Å². The normalized spacial score (nSPS) is 15.3. The van der Waals surface area contributed by atoms with E-state index in [9.17, 15) is 4.79 Å². The SMILES string of the molecule is COc1ccc(/C(=C/C(=O)O)C2CC2)cc1OC. The van der Waals surface area contributed by atoms with Gasteiger partial charge in [0, 0.05) is 6.08 Å². The van der Waals surface area contributed by atoms with Crippen molar-refractivity contribution in [2.75, 3.05) is 14.2 Å². The Hall–Kier alpha value is -1.97. The van der Waals surface area contributed by atoms with Crippen LogP contribution < -0.4 is 9.47 Å². The molecule has 0 radical (unpaired) electrons. The molecule has 96 valence electrons. The third-order valence-corrected chi connectivity index (χ3v) is 3.01. The predicted molar refractivity (Wildman–Crippen MR) is 67.9 cm³/mol. The summed E-state index contributed by atoms with van der Waals surface area (Å²) in [5.74, 6) is 0.713. The van der Waals surface area contributed by atoms with Crippen LogP contribution in [0.15, 0.2) is 24.3 Å². The maximum absolute atomic E-state index is 10.9. The summed E-state index contributed by atoms with van der Waals surface area (Å²) in [4.78, 5) is 10.9. The fourth-order valence-electron chi connectivity index (χ4n) is 1.98. The van der Waals surface area contributed by atoms with Crippen LogP contribution in [0.4, 0.5) is 0 Å². The molecule has 1 saturated carbocycles. The Bertz CT molecular complexity index is 487. The number of ether oxygens (including phenoxy) is 2. The Labute approximate surface area is 106 Å². The van der Waals surface area contributed by atoms with Gasteiger partial charge in [-0.1, -0.05) is 6.07 Å². The van der Waals surface area contributed by atoms with Crippen LogP contribution in [0.3, 0.4) is 0 Å². The minimum Gasteiger partial charge on any atom is -0.493 e. The number of carboxylic acid groups (broad SMARTS) is 1. The highest BCUT2D eigenvalue weighted by atomic mass is 16.5. The molecule has 4 heteroatoms. The van der Waals surface area contributed by atoms with Crippen LogP contribution in [0.5, 0.6) is 11.5 Å². The van der Waals surface area contributed by atoms with Crippen molar-refractivity contribution in [3.05, 3.63) is 29.8 Å².